The molecule has 0 aliphatic carbocycles. The molecule has 5 unspecified atom stereocenters. The standard InChI is InChI=1S/C14H20O2.C9H18O2.C9H18O.C8H16O2.C8H16O.C7H14O/c1-10(15)13(14(2,3)4)9-11-5-7-12(16)8-6-11;1-6(2)7(8(10)11)9(3,4)5;1-6-8(7(2)10)9(3,4)5;1-6(10)7(5-9)8(2,3)4;1-6(7(2)9)8(3,4)5;1-6(8)5-7(2,3)4/h5-8,13,16H,9H2,1-4H3;6-7H,1-5H3,(H,10,11);8H,6H2,1-5H3;7,9H,5H2,1-4H3;6H,1-5H3;5H2,1-4H3. The Kier molecular flexibility index (Phi) is 32.9. The van der Waals surface area contributed by atoms with Crippen LogP contribution in [0.4, 0.5) is 0 Å². The topological polar surface area (TPSA) is 163 Å². The molecule has 9 heteroatoms. The van der Waals surface area contributed by atoms with Crippen LogP contribution in [-0.4, -0.2) is 56.8 Å². The van der Waals surface area contributed by atoms with Crippen molar-refractivity contribution in [3.05, 3.63) is 29.8 Å². The molecule has 0 aliphatic heterocycles. The molecule has 0 saturated heterocycles. The number of Topliss-reactive ketones (excluding diaryl/α,β-unsaturated/α-hetero) is 5. The number of hydrogen-bond donors (Lipinski definition) is 3. The van der Waals surface area contributed by atoms with Gasteiger partial charge in [-0.3, -0.25) is 24.0 Å². The molecule has 0 bridgehead atoms. The second-order valence-electron chi connectivity index (χ2n) is 24.6. The Hall–Kier alpha value is -3.20. The van der Waals surface area contributed by atoms with Gasteiger partial charge >= 0.3 is 5.97 Å². The van der Waals surface area contributed by atoms with Crippen molar-refractivity contribution in [1.82, 2.24) is 0 Å². The molecule has 0 fully saturated rings. The summed E-state index contributed by atoms with van der Waals surface area (Å²) in [6.45, 7) is 52.8. The summed E-state index contributed by atoms with van der Waals surface area (Å²) >= 11 is 0. The first-order valence-electron chi connectivity index (χ1n) is 23.3. The number of phenols is 1. The molecule has 1 aromatic rings. The smallest absolute Gasteiger partial charge is 0.307 e. The molecule has 9 nitrogen and oxygen atoms in total. The van der Waals surface area contributed by atoms with Crippen LogP contribution in [0.1, 0.15) is 205 Å². The van der Waals surface area contributed by atoms with Crippen molar-refractivity contribution >= 4 is 34.9 Å². The first-order valence-corrected chi connectivity index (χ1v) is 23.3. The molecule has 0 radical (unpaired) electrons. The number of hydrogen-bond acceptors (Lipinski definition) is 8. The van der Waals surface area contributed by atoms with E-state index in [1.807, 2.05) is 74.4 Å². The number of carboxylic acid groups (broad SMARTS) is 1. The zero-order valence-corrected chi connectivity index (χ0v) is 46.4. The van der Waals surface area contributed by atoms with Gasteiger partial charge in [-0.25, -0.2) is 0 Å². The lowest BCUT2D eigenvalue weighted by Crippen LogP contribution is -2.32. The zero-order valence-electron chi connectivity index (χ0n) is 46.4. The lowest BCUT2D eigenvalue weighted by molar-refractivity contribution is -0.147. The Labute approximate surface area is 394 Å². The molecular weight excluding hydrogens is 805 g/mol. The molecule has 0 aromatic heterocycles. The average molecular weight is 907 g/mol. The second kappa shape index (κ2) is 30.2. The van der Waals surface area contributed by atoms with E-state index in [1.54, 1.807) is 39.8 Å². The third-order valence-electron chi connectivity index (χ3n) is 11.1. The van der Waals surface area contributed by atoms with Crippen molar-refractivity contribution < 1.29 is 44.1 Å². The minimum Gasteiger partial charge on any atom is -0.508 e. The fourth-order valence-corrected chi connectivity index (χ4v) is 7.46. The highest BCUT2D eigenvalue weighted by atomic mass is 16.4. The number of carbonyl (C=O) groups is 6. The number of phenolic OH excluding ortho intramolecular Hbond substituents is 1. The lowest BCUT2D eigenvalue weighted by Gasteiger charge is -2.29. The minimum absolute atomic E-state index is 0.0241. The van der Waals surface area contributed by atoms with Crippen LogP contribution in [0.5, 0.6) is 5.75 Å². The van der Waals surface area contributed by atoms with Gasteiger partial charge in [0.05, 0.1) is 12.5 Å². The summed E-state index contributed by atoms with van der Waals surface area (Å²) in [6, 6.07) is 7.07. The molecule has 0 aliphatic rings. The van der Waals surface area contributed by atoms with Gasteiger partial charge in [-0.05, 0) is 104 Å². The minimum atomic E-state index is -0.688. The molecular formula is C55H102O9. The maximum Gasteiger partial charge on any atom is 0.307 e. The number of rotatable bonds is 11. The van der Waals surface area contributed by atoms with Crippen molar-refractivity contribution in [2.75, 3.05) is 6.61 Å². The van der Waals surface area contributed by atoms with E-state index in [0.717, 1.165) is 18.4 Å². The van der Waals surface area contributed by atoms with Gasteiger partial charge in [-0.15, -0.1) is 0 Å². The maximum atomic E-state index is 11.6. The van der Waals surface area contributed by atoms with Crippen LogP contribution in [0.15, 0.2) is 24.3 Å². The van der Waals surface area contributed by atoms with Crippen LogP contribution in [0.25, 0.3) is 0 Å². The van der Waals surface area contributed by atoms with Gasteiger partial charge in [0.15, 0.2) is 0 Å². The third kappa shape index (κ3) is 36.1. The van der Waals surface area contributed by atoms with Gasteiger partial charge in [-0.1, -0.05) is 164 Å². The van der Waals surface area contributed by atoms with E-state index in [1.165, 1.54) is 6.92 Å². The fraction of sp³-hybridized carbons (Fsp3) is 0.782. The van der Waals surface area contributed by atoms with E-state index in [0.29, 0.717) is 12.2 Å². The quantitative estimate of drug-likeness (QED) is 0.196. The Morgan fingerprint density at radius 2 is 0.859 bits per heavy atom. The maximum absolute atomic E-state index is 11.6. The van der Waals surface area contributed by atoms with Crippen LogP contribution in [0, 0.1) is 68.0 Å². The summed E-state index contributed by atoms with van der Waals surface area (Å²) < 4.78 is 0. The van der Waals surface area contributed by atoms with E-state index in [4.69, 9.17) is 10.2 Å². The fourth-order valence-electron chi connectivity index (χ4n) is 7.46. The zero-order chi connectivity index (χ0) is 52.7. The molecule has 1 rings (SSSR count). The Morgan fingerprint density at radius 1 is 0.516 bits per heavy atom. The number of carboxylic acids is 1. The summed E-state index contributed by atoms with van der Waals surface area (Å²) in [5.74, 6) is 0.904. The molecule has 3 N–H and O–H groups in total. The number of aliphatic hydroxyl groups is 1. The number of aliphatic carboxylic acids is 1. The van der Waals surface area contributed by atoms with Crippen molar-refractivity contribution in [3.63, 3.8) is 0 Å². The van der Waals surface area contributed by atoms with Crippen LogP contribution in [0.3, 0.4) is 0 Å². The lowest BCUT2D eigenvalue weighted by atomic mass is 9.74. The summed E-state index contributed by atoms with van der Waals surface area (Å²) in [7, 11) is 0. The number of ketones is 5. The van der Waals surface area contributed by atoms with Gasteiger partial charge in [-0.2, -0.15) is 0 Å². The monoisotopic (exact) mass is 907 g/mol. The summed E-state index contributed by atoms with van der Waals surface area (Å²) in [5, 5.41) is 26.9. The number of benzene rings is 1. The molecule has 0 spiro atoms. The largest absolute Gasteiger partial charge is 0.508 e. The predicted molar refractivity (Wildman–Crippen MR) is 270 cm³/mol. The van der Waals surface area contributed by atoms with E-state index in [2.05, 4.69) is 90.0 Å². The van der Waals surface area contributed by atoms with Crippen LogP contribution in [-0.2, 0) is 35.2 Å². The molecule has 376 valence electrons. The van der Waals surface area contributed by atoms with Crippen molar-refractivity contribution in [3.8, 4) is 5.75 Å². The molecule has 0 heterocycles. The highest BCUT2D eigenvalue weighted by Crippen LogP contribution is 2.33. The summed E-state index contributed by atoms with van der Waals surface area (Å²) in [6.07, 6.45) is 2.38. The van der Waals surface area contributed by atoms with Gasteiger partial charge in [0.25, 0.3) is 0 Å². The average Bonchev–Trinajstić information content (AvgIpc) is 3.01. The highest BCUT2D eigenvalue weighted by molar-refractivity contribution is 5.80. The van der Waals surface area contributed by atoms with Crippen LogP contribution in [0.2, 0.25) is 0 Å². The number of aromatic hydroxyl groups is 1. The number of aliphatic hydroxyl groups excluding tert-OH is 1. The van der Waals surface area contributed by atoms with Crippen LogP contribution < -0.4 is 0 Å². The van der Waals surface area contributed by atoms with E-state index in [-0.39, 0.29) is 103 Å². The van der Waals surface area contributed by atoms with Gasteiger partial charge in [0.2, 0.25) is 0 Å². The van der Waals surface area contributed by atoms with E-state index < -0.39 is 5.97 Å². The Morgan fingerprint density at radius 3 is 0.953 bits per heavy atom. The molecule has 5 atom stereocenters. The summed E-state index contributed by atoms with van der Waals surface area (Å²) in [4.78, 5) is 65.5. The SMILES string of the molecule is CC(=O)C(C)C(C)(C)C.CC(=O)C(CO)C(C)(C)C.CC(=O)C(Cc1ccc(O)cc1)C(C)(C)C.CC(=O)CC(C)(C)C.CC(C)C(C(=O)O)C(C)(C)C.CCC(C(C)=O)C(C)(C)C. The van der Waals surface area contributed by atoms with Gasteiger partial charge < -0.3 is 20.1 Å². The second-order valence-corrected chi connectivity index (χ2v) is 24.6. The Bertz CT molecular complexity index is 1480. The summed E-state index contributed by atoms with van der Waals surface area (Å²) in [5.41, 5.74) is 1.26. The highest BCUT2D eigenvalue weighted by Gasteiger charge is 2.34. The van der Waals surface area contributed by atoms with Crippen molar-refractivity contribution in [1.29, 1.82) is 0 Å². The first-order chi connectivity index (χ1) is 28.1. The third-order valence-corrected chi connectivity index (χ3v) is 11.1. The van der Waals surface area contributed by atoms with E-state index >= 15 is 0 Å². The van der Waals surface area contributed by atoms with Crippen molar-refractivity contribution in [2.45, 2.75) is 206 Å². The predicted octanol–water partition coefficient (Wildman–Crippen LogP) is 13.7. The molecule has 1 aromatic carbocycles. The van der Waals surface area contributed by atoms with Gasteiger partial charge in [0, 0.05) is 30.1 Å². The normalized spacial score (nSPS) is 14.2. The van der Waals surface area contributed by atoms with Crippen molar-refractivity contribution in [2.24, 2.45) is 68.0 Å². The number of carbonyl (C=O) groups excluding carboxylic acids is 5. The molecule has 0 amide bonds. The first kappa shape index (κ1) is 69.8. The Balaban J connectivity index is -0.000000221. The van der Waals surface area contributed by atoms with E-state index in [9.17, 15) is 33.9 Å². The van der Waals surface area contributed by atoms with Gasteiger partial charge in [0.1, 0.15) is 34.7 Å². The molecule has 0 saturated carbocycles. The van der Waals surface area contributed by atoms with Crippen LogP contribution >= 0.6 is 0 Å². The molecule has 64 heavy (non-hydrogen) atoms.